The Morgan fingerprint density at radius 1 is 1.32 bits per heavy atom. The Labute approximate surface area is 133 Å². The minimum absolute atomic E-state index is 0.0733. The minimum atomic E-state index is -0.0733. The molecule has 4 heteroatoms. The van der Waals surface area contributed by atoms with Crippen LogP contribution in [0.1, 0.15) is 38.7 Å². The smallest absolute Gasteiger partial charge is 0.179 e. The van der Waals surface area contributed by atoms with E-state index < -0.39 is 0 Å². The summed E-state index contributed by atoms with van der Waals surface area (Å²) in [4.78, 5) is 1.79. The molecule has 1 aromatic rings. The van der Waals surface area contributed by atoms with Gasteiger partial charge in [-0.05, 0) is 31.7 Å². The van der Waals surface area contributed by atoms with Crippen LogP contribution in [-0.2, 0) is 16.0 Å². The standard InChI is InChI=1S/C18H26N2O2/c1-15(16(2)22-18-10-6-7-11-21-18)12-20(14-19)13-17-8-4-3-5-9-17/h3-5,8-9,15-16,18H,6-7,10-13H2,1-2H3. The highest BCUT2D eigenvalue weighted by molar-refractivity contribution is 5.15. The molecule has 0 bridgehead atoms. The van der Waals surface area contributed by atoms with Gasteiger partial charge in [0.05, 0.1) is 12.6 Å². The van der Waals surface area contributed by atoms with Crippen LogP contribution in [-0.4, -0.2) is 30.4 Å². The summed E-state index contributed by atoms with van der Waals surface area (Å²) < 4.78 is 11.6. The lowest BCUT2D eigenvalue weighted by molar-refractivity contribution is -0.193. The molecule has 1 fully saturated rings. The van der Waals surface area contributed by atoms with Crippen molar-refractivity contribution in [1.82, 2.24) is 4.90 Å². The molecule has 2 rings (SSSR count). The maximum absolute atomic E-state index is 9.35. The first-order chi connectivity index (χ1) is 10.7. The van der Waals surface area contributed by atoms with E-state index in [0.717, 1.165) is 25.0 Å². The van der Waals surface area contributed by atoms with Gasteiger partial charge in [-0.15, -0.1) is 0 Å². The topological polar surface area (TPSA) is 45.5 Å². The monoisotopic (exact) mass is 302 g/mol. The third kappa shape index (κ3) is 5.32. The van der Waals surface area contributed by atoms with Crippen LogP contribution in [0.15, 0.2) is 30.3 Å². The number of nitrogens with zero attached hydrogens (tertiary/aromatic N) is 2. The highest BCUT2D eigenvalue weighted by atomic mass is 16.7. The van der Waals surface area contributed by atoms with Crippen molar-refractivity contribution in [3.63, 3.8) is 0 Å². The van der Waals surface area contributed by atoms with E-state index in [1.165, 1.54) is 6.42 Å². The van der Waals surface area contributed by atoms with Crippen molar-refractivity contribution in [1.29, 1.82) is 5.26 Å². The van der Waals surface area contributed by atoms with E-state index in [2.05, 4.69) is 20.0 Å². The first-order valence-electron chi connectivity index (χ1n) is 8.14. The fourth-order valence-corrected chi connectivity index (χ4v) is 2.63. The van der Waals surface area contributed by atoms with Gasteiger partial charge < -0.3 is 14.4 Å². The lowest BCUT2D eigenvalue weighted by Crippen LogP contribution is -2.34. The predicted molar refractivity (Wildman–Crippen MR) is 85.8 cm³/mol. The van der Waals surface area contributed by atoms with Crippen LogP contribution in [0.3, 0.4) is 0 Å². The van der Waals surface area contributed by atoms with Crippen molar-refractivity contribution < 1.29 is 9.47 Å². The maximum atomic E-state index is 9.35. The molecule has 1 aliphatic heterocycles. The molecule has 0 amide bonds. The van der Waals surface area contributed by atoms with Crippen LogP contribution >= 0.6 is 0 Å². The molecule has 1 aromatic carbocycles. The molecular formula is C18H26N2O2. The minimum Gasteiger partial charge on any atom is -0.353 e. The number of hydrogen-bond acceptors (Lipinski definition) is 4. The summed E-state index contributed by atoms with van der Waals surface area (Å²) in [6.07, 6.45) is 5.57. The van der Waals surface area contributed by atoms with Crippen molar-refractivity contribution >= 4 is 0 Å². The van der Waals surface area contributed by atoms with E-state index in [0.29, 0.717) is 13.1 Å². The third-order valence-corrected chi connectivity index (χ3v) is 4.17. The second-order valence-corrected chi connectivity index (χ2v) is 6.08. The average molecular weight is 302 g/mol. The second-order valence-electron chi connectivity index (χ2n) is 6.08. The van der Waals surface area contributed by atoms with Gasteiger partial charge in [0, 0.05) is 19.1 Å². The maximum Gasteiger partial charge on any atom is 0.179 e. The molecule has 0 spiro atoms. The van der Waals surface area contributed by atoms with E-state index in [9.17, 15) is 5.26 Å². The zero-order chi connectivity index (χ0) is 15.8. The van der Waals surface area contributed by atoms with Gasteiger partial charge in [-0.2, -0.15) is 5.26 Å². The molecule has 0 saturated carbocycles. The molecule has 0 N–H and O–H groups in total. The Kier molecular flexibility index (Phi) is 6.70. The van der Waals surface area contributed by atoms with Crippen molar-refractivity contribution in [2.75, 3.05) is 13.2 Å². The Bertz CT molecular complexity index is 466. The van der Waals surface area contributed by atoms with Gasteiger partial charge in [0.15, 0.2) is 12.5 Å². The lowest BCUT2D eigenvalue weighted by atomic mass is 10.1. The summed E-state index contributed by atoms with van der Waals surface area (Å²) >= 11 is 0. The molecule has 4 nitrogen and oxygen atoms in total. The van der Waals surface area contributed by atoms with Gasteiger partial charge in [-0.25, -0.2) is 0 Å². The zero-order valence-electron chi connectivity index (χ0n) is 13.6. The van der Waals surface area contributed by atoms with Crippen molar-refractivity contribution in [2.24, 2.45) is 5.92 Å². The molecule has 3 atom stereocenters. The molecule has 3 unspecified atom stereocenters. The molecular weight excluding hydrogens is 276 g/mol. The Hall–Kier alpha value is -1.57. The first-order valence-corrected chi connectivity index (χ1v) is 8.14. The fraction of sp³-hybridized carbons (Fsp3) is 0.611. The average Bonchev–Trinajstić information content (AvgIpc) is 2.56. The van der Waals surface area contributed by atoms with E-state index in [-0.39, 0.29) is 18.3 Å². The van der Waals surface area contributed by atoms with Crippen molar-refractivity contribution in [3.05, 3.63) is 35.9 Å². The van der Waals surface area contributed by atoms with E-state index >= 15 is 0 Å². The fourth-order valence-electron chi connectivity index (χ4n) is 2.63. The molecule has 0 aromatic heterocycles. The Morgan fingerprint density at radius 2 is 2.09 bits per heavy atom. The van der Waals surface area contributed by atoms with Crippen LogP contribution in [0.25, 0.3) is 0 Å². The van der Waals surface area contributed by atoms with E-state index in [4.69, 9.17) is 9.47 Å². The van der Waals surface area contributed by atoms with Crippen LogP contribution in [0.2, 0.25) is 0 Å². The van der Waals surface area contributed by atoms with Crippen molar-refractivity contribution in [3.8, 4) is 6.19 Å². The predicted octanol–water partition coefficient (Wildman–Crippen LogP) is 3.54. The van der Waals surface area contributed by atoms with Gasteiger partial charge in [-0.1, -0.05) is 37.3 Å². The molecule has 120 valence electrons. The molecule has 0 aliphatic carbocycles. The van der Waals surface area contributed by atoms with Gasteiger partial charge in [0.25, 0.3) is 0 Å². The summed E-state index contributed by atoms with van der Waals surface area (Å²) in [5.41, 5.74) is 1.15. The summed E-state index contributed by atoms with van der Waals surface area (Å²) in [6.45, 7) is 6.33. The van der Waals surface area contributed by atoms with Crippen LogP contribution < -0.4 is 0 Å². The molecule has 1 saturated heterocycles. The SMILES string of the molecule is CC(CN(C#N)Cc1ccccc1)C(C)OC1CCCCO1. The first kappa shape index (κ1) is 16.8. The van der Waals surface area contributed by atoms with Gasteiger partial charge in [0.1, 0.15) is 0 Å². The summed E-state index contributed by atoms with van der Waals surface area (Å²) in [7, 11) is 0. The molecule has 1 heterocycles. The Balaban J connectivity index is 1.80. The van der Waals surface area contributed by atoms with E-state index in [1.807, 2.05) is 30.3 Å². The number of benzene rings is 1. The van der Waals surface area contributed by atoms with Crippen LogP contribution in [0.4, 0.5) is 0 Å². The molecule has 22 heavy (non-hydrogen) atoms. The number of rotatable bonds is 7. The highest BCUT2D eigenvalue weighted by Gasteiger charge is 2.22. The Morgan fingerprint density at radius 3 is 2.73 bits per heavy atom. The quantitative estimate of drug-likeness (QED) is 0.571. The molecule has 0 radical (unpaired) electrons. The van der Waals surface area contributed by atoms with Crippen LogP contribution in [0.5, 0.6) is 0 Å². The largest absolute Gasteiger partial charge is 0.353 e. The number of ether oxygens (including phenoxy) is 2. The van der Waals surface area contributed by atoms with Gasteiger partial charge in [0.2, 0.25) is 0 Å². The highest BCUT2D eigenvalue weighted by Crippen LogP contribution is 2.19. The summed E-state index contributed by atoms with van der Waals surface area (Å²) in [5, 5.41) is 9.35. The number of nitriles is 1. The number of hydrogen-bond donors (Lipinski definition) is 0. The second kappa shape index (κ2) is 8.77. The zero-order valence-corrected chi connectivity index (χ0v) is 13.6. The van der Waals surface area contributed by atoms with Gasteiger partial charge >= 0.3 is 0 Å². The third-order valence-electron chi connectivity index (χ3n) is 4.17. The lowest BCUT2D eigenvalue weighted by Gasteiger charge is -2.30. The normalized spacial score (nSPS) is 20.9. The van der Waals surface area contributed by atoms with Gasteiger partial charge in [-0.3, -0.25) is 0 Å². The summed E-state index contributed by atoms with van der Waals surface area (Å²) in [5.74, 6) is 0.272. The molecule has 1 aliphatic rings. The van der Waals surface area contributed by atoms with Crippen molar-refractivity contribution in [2.45, 2.75) is 52.0 Å². The van der Waals surface area contributed by atoms with Crippen LogP contribution in [0, 0.1) is 17.4 Å². The summed E-state index contributed by atoms with van der Waals surface area (Å²) in [6, 6.07) is 10.1. The van der Waals surface area contributed by atoms with E-state index in [1.54, 1.807) is 4.90 Å².